The van der Waals surface area contributed by atoms with Crippen molar-refractivity contribution in [2.24, 2.45) is 0 Å². The third-order valence-corrected chi connectivity index (χ3v) is 3.69. The molecule has 0 amide bonds. The van der Waals surface area contributed by atoms with Crippen LogP contribution in [0.1, 0.15) is 0 Å². The molecule has 7 heteroatoms. The van der Waals surface area contributed by atoms with Crippen LogP contribution in [0.25, 0.3) is 11.0 Å². The maximum atomic E-state index is 6.05. The highest BCUT2D eigenvalue weighted by Crippen LogP contribution is 2.29. The van der Waals surface area contributed by atoms with Crippen LogP contribution in [-0.2, 0) is 4.74 Å². The van der Waals surface area contributed by atoms with Crippen molar-refractivity contribution < 1.29 is 4.74 Å². The van der Waals surface area contributed by atoms with E-state index in [1.807, 2.05) is 4.68 Å². The Labute approximate surface area is 114 Å². The molecule has 1 aliphatic heterocycles. The lowest BCUT2D eigenvalue weighted by molar-refractivity contribution is 0.112. The summed E-state index contributed by atoms with van der Waals surface area (Å²) >= 11 is 12.0. The number of anilines is 1. The zero-order valence-corrected chi connectivity index (χ0v) is 11.1. The normalized spacial score (nSPS) is 16.4. The monoisotopic (exact) mass is 286 g/mol. The van der Waals surface area contributed by atoms with Crippen LogP contribution in [0.3, 0.4) is 0 Å². The molecule has 3 rings (SSSR count). The summed E-state index contributed by atoms with van der Waals surface area (Å²) in [4.78, 5) is 4.31. The minimum absolute atomic E-state index is 0.435. The second-order valence-corrected chi connectivity index (χ2v) is 4.92. The predicted octanol–water partition coefficient (Wildman–Crippen LogP) is 1.89. The van der Waals surface area contributed by atoms with Crippen molar-refractivity contribution in [1.82, 2.24) is 9.66 Å². The number of hydrogen-bond donors (Lipinski definition) is 1. The van der Waals surface area contributed by atoms with Crippen LogP contribution in [0.4, 0.5) is 5.95 Å². The third kappa shape index (κ3) is 1.88. The van der Waals surface area contributed by atoms with Crippen molar-refractivity contribution in [1.29, 1.82) is 0 Å². The summed E-state index contributed by atoms with van der Waals surface area (Å²) in [6.45, 7) is 2.91. The van der Waals surface area contributed by atoms with Gasteiger partial charge in [0.15, 0.2) is 0 Å². The molecule has 0 saturated carbocycles. The van der Waals surface area contributed by atoms with Gasteiger partial charge in [0.2, 0.25) is 5.95 Å². The zero-order valence-electron chi connectivity index (χ0n) is 9.57. The van der Waals surface area contributed by atoms with Crippen molar-refractivity contribution in [3.63, 3.8) is 0 Å². The smallest absolute Gasteiger partial charge is 0.220 e. The molecule has 96 valence electrons. The first-order valence-electron chi connectivity index (χ1n) is 5.63. The standard InChI is InChI=1S/C11H12Cl2N4O/c12-7-5-9-10(6-8(7)13)17(11(14)15-9)16-1-3-18-4-2-16/h5-6H,1-4H2,(H2,14,15). The number of benzene rings is 1. The Morgan fingerprint density at radius 1 is 1.17 bits per heavy atom. The van der Waals surface area contributed by atoms with Crippen LogP contribution < -0.4 is 10.7 Å². The van der Waals surface area contributed by atoms with E-state index in [2.05, 4.69) is 9.99 Å². The first-order chi connectivity index (χ1) is 8.66. The van der Waals surface area contributed by atoms with Crippen LogP contribution in [0.5, 0.6) is 0 Å². The number of nitrogen functional groups attached to an aromatic ring is 1. The predicted molar refractivity (Wildman–Crippen MR) is 72.9 cm³/mol. The molecule has 1 fully saturated rings. The Hall–Kier alpha value is -1.17. The summed E-state index contributed by atoms with van der Waals surface area (Å²) in [5, 5.41) is 3.08. The SMILES string of the molecule is Nc1nc2cc(Cl)c(Cl)cc2n1N1CCOCC1. The Kier molecular flexibility index (Phi) is 2.97. The van der Waals surface area contributed by atoms with E-state index < -0.39 is 0 Å². The molecule has 0 spiro atoms. The maximum Gasteiger partial charge on any atom is 0.220 e. The van der Waals surface area contributed by atoms with Gasteiger partial charge in [0, 0.05) is 0 Å². The molecule has 0 unspecified atom stereocenters. The van der Waals surface area contributed by atoms with E-state index in [9.17, 15) is 0 Å². The number of ether oxygens (including phenoxy) is 1. The van der Waals surface area contributed by atoms with Gasteiger partial charge in [-0.1, -0.05) is 23.2 Å². The summed E-state index contributed by atoms with van der Waals surface area (Å²) in [6, 6.07) is 3.52. The van der Waals surface area contributed by atoms with Gasteiger partial charge in [0.05, 0.1) is 47.4 Å². The molecule has 0 aliphatic carbocycles. The third-order valence-electron chi connectivity index (χ3n) is 2.97. The molecule has 0 bridgehead atoms. The average Bonchev–Trinajstić information content (AvgIpc) is 2.66. The van der Waals surface area contributed by atoms with Gasteiger partial charge < -0.3 is 15.5 Å². The molecular formula is C11H12Cl2N4O. The number of rotatable bonds is 1. The van der Waals surface area contributed by atoms with Crippen molar-refractivity contribution in [2.75, 3.05) is 37.0 Å². The second-order valence-electron chi connectivity index (χ2n) is 4.10. The molecule has 18 heavy (non-hydrogen) atoms. The Morgan fingerprint density at radius 3 is 2.56 bits per heavy atom. The molecule has 1 aliphatic rings. The number of aromatic nitrogens is 2. The van der Waals surface area contributed by atoms with Gasteiger partial charge in [-0.2, -0.15) is 0 Å². The van der Waals surface area contributed by atoms with Gasteiger partial charge in [-0.05, 0) is 12.1 Å². The first-order valence-corrected chi connectivity index (χ1v) is 6.38. The summed E-state index contributed by atoms with van der Waals surface area (Å²) in [6.07, 6.45) is 0. The first kappa shape index (κ1) is 11.9. The number of hydrogen-bond acceptors (Lipinski definition) is 4. The van der Waals surface area contributed by atoms with Crippen LogP contribution in [0, 0.1) is 0 Å². The molecule has 1 saturated heterocycles. The molecule has 2 N–H and O–H groups in total. The van der Waals surface area contributed by atoms with Gasteiger partial charge >= 0.3 is 0 Å². The Morgan fingerprint density at radius 2 is 1.83 bits per heavy atom. The molecule has 0 atom stereocenters. The van der Waals surface area contributed by atoms with Gasteiger partial charge in [0.1, 0.15) is 0 Å². The van der Waals surface area contributed by atoms with E-state index in [-0.39, 0.29) is 0 Å². The van der Waals surface area contributed by atoms with Crippen molar-refractivity contribution >= 4 is 40.2 Å². The zero-order chi connectivity index (χ0) is 12.7. The maximum absolute atomic E-state index is 6.05. The molecular weight excluding hydrogens is 275 g/mol. The lowest BCUT2D eigenvalue weighted by Crippen LogP contribution is -2.44. The van der Waals surface area contributed by atoms with E-state index in [0.717, 1.165) is 24.1 Å². The van der Waals surface area contributed by atoms with Crippen LogP contribution in [-0.4, -0.2) is 36.0 Å². The Balaban J connectivity index is 2.15. The van der Waals surface area contributed by atoms with E-state index in [0.29, 0.717) is 29.2 Å². The van der Waals surface area contributed by atoms with Crippen LogP contribution in [0.2, 0.25) is 10.0 Å². The largest absolute Gasteiger partial charge is 0.378 e. The van der Waals surface area contributed by atoms with Gasteiger partial charge in [-0.25, -0.2) is 9.66 Å². The number of imidazole rings is 1. The van der Waals surface area contributed by atoms with Crippen molar-refractivity contribution in [2.45, 2.75) is 0 Å². The highest BCUT2D eigenvalue weighted by atomic mass is 35.5. The molecule has 0 radical (unpaired) electrons. The van der Waals surface area contributed by atoms with E-state index in [4.69, 9.17) is 33.7 Å². The summed E-state index contributed by atoms with van der Waals surface area (Å²) in [5.74, 6) is 0.435. The average molecular weight is 287 g/mol. The number of fused-ring (bicyclic) bond motifs is 1. The van der Waals surface area contributed by atoms with Crippen molar-refractivity contribution in [3.05, 3.63) is 22.2 Å². The highest BCUT2D eigenvalue weighted by Gasteiger charge is 2.18. The quantitative estimate of drug-likeness (QED) is 0.870. The van der Waals surface area contributed by atoms with Crippen LogP contribution >= 0.6 is 23.2 Å². The molecule has 1 aromatic carbocycles. The summed E-state index contributed by atoms with van der Waals surface area (Å²) in [5.41, 5.74) is 7.58. The van der Waals surface area contributed by atoms with E-state index >= 15 is 0 Å². The van der Waals surface area contributed by atoms with Crippen LogP contribution in [0.15, 0.2) is 12.1 Å². The van der Waals surface area contributed by atoms with Gasteiger partial charge in [-0.15, -0.1) is 0 Å². The van der Waals surface area contributed by atoms with E-state index in [1.54, 1.807) is 12.1 Å². The lowest BCUT2D eigenvalue weighted by Gasteiger charge is -2.30. The molecule has 1 aromatic heterocycles. The lowest BCUT2D eigenvalue weighted by atomic mass is 10.3. The molecule has 2 aromatic rings. The number of morpholine rings is 1. The molecule has 2 heterocycles. The fourth-order valence-corrected chi connectivity index (χ4v) is 2.45. The van der Waals surface area contributed by atoms with E-state index in [1.165, 1.54) is 0 Å². The minimum Gasteiger partial charge on any atom is -0.378 e. The second kappa shape index (κ2) is 4.50. The van der Waals surface area contributed by atoms with Crippen molar-refractivity contribution in [3.8, 4) is 0 Å². The fourth-order valence-electron chi connectivity index (χ4n) is 2.13. The highest BCUT2D eigenvalue weighted by molar-refractivity contribution is 6.42. The topological polar surface area (TPSA) is 56.3 Å². The van der Waals surface area contributed by atoms with Gasteiger partial charge in [0.25, 0.3) is 0 Å². The minimum atomic E-state index is 0.435. The number of nitrogens with two attached hydrogens (primary N) is 1. The number of halogens is 2. The Bertz CT molecular complexity index is 592. The summed E-state index contributed by atoms with van der Waals surface area (Å²) < 4.78 is 7.20. The number of nitrogens with zero attached hydrogens (tertiary/aromatic N) is 3. The van der Waals surface area contributed by atoms with Gasteiger partial charge in [-0.3, -0.25) is 0 Å². The summed E-state index contributed by atoms with van der Waals surface area (Å²) in [7, 11) is 0. The molecule has 5 nitrogen and oxygen atoms in total. The fraction of sp³-hybridized carbons (Fsp3) is 0.364.